The van der Waals surface area contributed by atoms with Gasteiger partial charge in [-0.2, -0.15) is 5.10 Å². The van der Waals surface area contributed by atoms with Gasteiger partial charge < -0.3 is 20.1 Å². The van der Waals surface area contributed by atoms with Crippen LogP contribution in [-0.2, 0) is 20.9 Å². The normalized spacial score (nSPS) is 19.0. The molecule has 2 amide bonds. The lowest BCUT2D eigenvalue weighted by Crippen LogP contribution is -2.46. The van der Waals surface area contributed by atoms with Crippen LogP contribution in [0.1, 0.15) is 66.2 Å². The smallest absolute Gasteiger partial charge is 0.251 e. The summed E-state index contributed by atoms with van der Waals surface area (Å²) in [6.45, 7) is 7.88. The summed E-state index contributed by atoms with van der Waals surface area (Å²) in [6, 6.07) is 1.14. The fourth-order valence-electron chi connectivity index (χ4n) is 4.39. The number of aromatic nitrogens is 2. The number of nitrogens with zero attached hydrogens (tertiary/aromatic N) is 3. The van der Waals surface area contributed by atoms with Crippen molar-refractivity contribution in [2.75, 3.05) is 11.9 Å². The van der Waals surface area contributed by atoms with Crippen molar-refractivity contribution in [3.8, 4) is 0 Å². The molecule has 2 N–H and O–H groups in total. The minimum Gasteiger partial charge on any atom is -0.493 e. The van der Waals surface area contributed by atoms with Crippen LogP contribution in [0.25, 0.3) is 0 Å². The molecule has 8 heteroatoms. The van der Waals surface area contributed by atoms with Crippen LogP contribution in [0, 0.1) is 5.92 Å². The molecule has 8 nitrogen and oxygen atoms in total. The standard InChI is InChI=1S/C23H36N4O4/c1-16(2)31-18-13-21(28)27(14-18)19(12-17-8-6-5-7-9-17)22(29)24-20-10-11-26(25-20)15-23(3,4)30/h10-11,13,16-17,19,30H,5-9,12,14-15H2,1-4H3,(H,24,25,29)/t19-/m0/s1. The number of carbonyl (C=O) groups is 2. The Labute approximate surface area is 184 Å². The first-order chi connectivity index (χ1) is 14.6. The third-order valence-corrected chi connectivity index (χ3v) is 5.68. The summed E-state index contributed by atoms with van der Waals surface area (Å²) in [5.74, 6) is 1.04. The molecule has 0 aromatic carbocycles. The average molecular weight is 433 g/mol. The van der Waals surface area contributed by atoms with Crippen molar-refractivity contribution in [3.05, 3.63) is 24.1 Å². The molecule has 1 aromatic heterocycles. The Kier molecular flexibility index (Phi) is 7.41. The molecule has 1 saturated carbocycles. The number of ether oxygens (including phenoxy) is 1. The monoisotopic (exact) mass is 432 g/mol. The van der Waals surface area contributed by atoms with E-state index in [9.17, 15) is 14.7 Å². The molecule has 1 aliphatic carbocycles. The van der Waals surface area contributed by atoms with Crippen LogP contribution < -0.4 is 5.32 Å². The van der Waals surface area contributed by atoms with Gasteiger partial charge in [0.1, 0.15) is 11.8 Å². The van der Waals surface area contributed by atoms with Gasteiger partial charge in [0.25, 0.3) is 5.91 Å². The quantitative estimate of drug-likeness (QED) is 0.625. The molecule has 1 aromatic rings. The van der Waals surface area contributed by atoms with Crippen molar-refractivity contribution in [1.29, 1.82) is 0 Å². The van der Waals surface area contributed by atoms with E-state index in [-0.39, 0.29) is 17.9 Å². The Hall–Kier alpha value is -2.35. The zero-order valence-electron chi connectivity index (χ0n) is 19.1. The van der Waals surface area contributed by atoms with Gasteiger partial charge in [-0.1, -0.05) is 32.1 Å². The highest BCUT2D eigenvalue weighted by Gasteiger charge is 2.36. The second-order valence-corrected chi connectivity index (χ2v) is 9.70. The van der Waals surface area contributed by atoms with E-state index in [1.807, 2.05) is 13.8 Å². The highest BCUT2D eigenvalue weighted by atomic mass is 16.5. The zero-order chi connectivity index (χ0) is 22.6. The molecule has 1 fully saturated rings. The van der Waals surface area contributed by atoms with Crippen molar-refractivity contribution in [2.24, 2.45) is 5.92 Å². The molecule has 0 unspecified atom stereocenters. The molecule has 0 radical (unpaired) electrons. The average Bonchev–Trinajstić information content (AvgIpc) is 3.24. The minimum absolute atomic E-state index is 0.0237. The predicted octanol–water partition coefficient (Wildman–Crippen LogP) is 3.08. The van der Waals surface area contributed by atoms with Gasteiger partial charge in [-0.25, -0.2) is 0 Å². The fraction of sp³-hybridized carbons (Fsp3) is 0.696. The second kappa shape index (κ2) is 9.85. The van der Waals surface area contributed by atoms with Gasteiger partial charge in [-0.3, -0.25) is 14.3 Å². The van der Waals surface area contributed by atoms with Gasteiger partial charge in [-0.05, 0) is 40.0 Å². The van der Waals surface area contributed by atoms with E-state index >= 15 is 0 Å². The lowest BCUT2D eigenvalue weighted by atomic mass is 9.84. The van der Waals surface area contributed by atoms with Gasteiger partial charge in [0.15, 0.2) is 5.82 Å². The van der Waals surface area contributed by atoms with E-state index in [1.165, 1.54) is 25.3 Å². The number of rotatable bonds is 9. The van der Waals surface area contributed by atoms with Crippen molar-refractivity contribution in [2.45, 2.75) is 90.5 Å². The van der Waals surface area contributed by atoms with Crippen LogP contribution in [0.3, 0.4) is 0 Å². The number of aliphatic hydroxyl groups is 1. The van der Waals surface area contributed by atoms with Gasteiger partial charge >= 0.3 is 0 Å². The summed E-state index contributed by atoms with van der Waals surface area (Å²) in [6.07, 6.45) is 9.61. The van der Waals surface area contributed by atoms with Crippen molar-refractivity contribution >= 4 is 17.6 Å². The third-order valence-electron chi connectivity index (χ3n) is 5.68. The molecule has 2 heterocycles. The molecule has 31 heavy (non-hydrogen) atoms. The molecule has 0 bridgehead atoms. The maximum absolute atomic E-state index is 13.3. The molecule has 1 atom stereocenters. The first-order valence-corrected chi connectivity index (χ1v) is 11.4. The summed E-state index contributed by atoms with van der Waals surface area (Å²) in [5, 5.41) is 17.2. The molecule has 172 valence electrons. The molecule has 3 rings (SSSR count). The first kappa shape index (κ1) is 23.3. The Morgan fingerprint density at radius 1 is 1.32 bits per heavy atom. The van der Waals surface area contributed by atoms with Crippen molar-refractivity contribution < 1.29 is 19.4 Å². The minimum atomic E-state index is -0.905. The van der Waals surface area contributed by atoms with Crippen molar-refractivity contribution in [3.63, 3.8) is 0 Å². The first-order valence-electron chi connectivity index (χ1n) is 11.4. The summed E-state index contributed by atoms with van der Waals surface area (Å²) in [7, 11) is 0. The Balaban J connectivity index is 1.71. The van der Waals surface area contributed by atoms with Crippen LogP contribution in [0.2, 0.25) is 0 Å². The van der Waals surface area contributed by atoms with E-state index < -0.39 is 11.6 Å². The summed E-state index contributed by atoms with van der Waals surface area (Å²) in [4.78, 5) is 27.6. The van der Waals surface area contributed by atoms with E-state index in [2.05, 4.69) is 10.4 Å². The van der Waals surface area contributed by atoms with E-state index in [0.717, 1.165) is 12.8 Å². The molecular formula is C23H36N4O4. The van der Waals surface area contributed by atoms with Gasteiger partial charge in [-0.15, -0.1) is 0 Å². The predicted molar refractivity (Wildman–Crippen MR) is 118 cm³/mol. The molecule has 0 spiro atoms. The second-order valence-electron chi connectivity index (χ2n) is 9.70. The number of hydrogen-bond acceptors (Lipinski definition) is 5. The largest absolute Gasteiger partial charge is 0.493 e. The topological polar surface area (TPSA) is 96.7 Å². The van der Waals surface area contributed by atoms with E-state index in [1.54, 1.807) is 35.7 Å². The third kappa shape index (κ3) is 6.82. The lowest BCUT2D eigenvalue weighted by molar-refractivity contribution is -0.134. The Morgan fingerprint density at radius 2 is 2.03 bits per heavy atom. The SMILES string of the molecule is CC(C)OC1=CC(=O)N([C@@H](CC2CCCCC2)C(=O)Nc2ccn(CC(C)(C)O)n2)C1. The van der Waals surface area contributed by atoms with Gasteiger partial charge in [0.2, 0.25) is 5.91 Å². The summed E-state index contributed by atoms with van der Waals surface area (Å²) < 4.78 is 7.33. The van der Waals surface area contributed by atoms with Gasteiger partial charge in [0.05, 0.1) is 24.8 Å². The highest BCUT2D eigenvalue weighted by Crippen LogP contribution is 2.30. The summed E-state index contributed by atoms with van der Waals surface area (Å²) in [5.41, 5.74) is -0.905. The van der Waals surface area contributed by atoms with Crippen LogP contribution in [-0.4, -0.2) is 55.9 Å². The summed E-state index contributed by atoms with van der Waals surface area (Å²) >= 11 is 0. The lowest BCUT2D eigenvalue weighted by Gasteiger charge is -2.31. The van der Waals surface area contributed by atoms with Gasteiger partial charge in [0, 0.05) is 18.3 Å². The number of anilines is 1. The zero-order valence-corrected chi connectivity index (χ0v) is 19.1. The van der Waals surface area contributed by atoms with Crippen LogP contribution in [0.5, 0.6) is 0 Å². The van der Waals surface area contributed by atoms with Crippen LogP contribution in [0.4, 0.5) is 5.82 Å². The van der Waals surface area contributed by atoms with Crippen LogP contribution in [0.15, 0.2) is 24.1 Å². The maximum Gasteiger partial charge on any atom is 0.251 e. The highest BCUT2D eigenvalue weighted by molar-refractivity contribution is 5.99. The fourth-order valence-corrected chi connectivity index (χ4v) is 4.39. The molecular weight excluding hydrogens is 396 g/mol. The van der Waals surface area contributed by atoms with Crippen LogP contribution >= 0.6 is 0 Å². The number of nitrogens with one attached hydrogen (secondary N) is 1. The van der Waals surface area contributed by atoms with Crippen molar-refractivity contribution in [1.82, 2.24) is 14.7 Å². The Morgan fingerprint density at radius 3 is 2.68 bits per heavy atom. The number of amides is 2. The Bertz CT molecular complexity index is 803. The molecule has 0 saturated heterocycles. The maximum atomic E-state index is 13.3. The number of hydrogen-bond donors (Lipinski definition) is 2. The molecule has 2 aliphatic rings. The van der Waals surface area contributed by atoms with E-state index in [4.69, 9.17) is 4.74 Å². The van der Waals surface area contributed by atoms with E-state index in [0.29, 0.717) is 37.0 Å². The number of carbonyl (C=O) groups excluding carboxylic acids is 2. The molecule has 1 aliphatic heterocycles.